The Morgan fingerprint density at radius 1 is 1.15 bits per heavy atom. The summed E-state index contributed by atoms with van der Waals surface area (Å²) in [6.07, 6.45) is 4.59. The Morgan fingerprint density at radius 3 is 2.74 bits per heavy atom. The molecule has 1 aromatic heterocycles. The van der Waals surface area contributed by atoms with Crippen LogP contribution in [0.2, 0.25) is 5.02 Å². The van der Waals surface area contributed by atoms with Crippen LogP contribution in [0.15, 0.2) is 42.5 Å². The Bertz CT molecular complexity index is 1250. The van der Waals surface area contributed by atoms with Gasteiger partial charge in [0, 0.05) is 42.7 Å². The summed E-state index contributed by atoms with van der Waals surface area (Å²) in [6, 6.07) is 13.6. The molecule has 1 fully saturated rings. The third kappa shape index (κ3) is 4.40. The summed E-state index contributed by atoms with van der Waals surface area (Å²) in [5.41, 5.74) is 6.24. The van der Waals surface area contributed by atoms with E-state index in [1.807, 2.05) is 18.2 Å². The average molecular weight is 480 g/mol. The van der Waals surface area contributed by atoms with E-state index in [1.165, 1.54) is 24.3 Å². The molecule has 34 heavy (non-hydrogen) atoms. The minimum Gasteiger partial charge on any atom is -0.481 e. The molecular formula is C27H27ClFN3O2. The van der Waals surface area contributed by atoms with Crippen LogP contribution < -0.4 is 15.4 Å². The number of carbonyl (C=O) groups excluding carboxylic acids is 1. The number of carbonyl (C=O) groups is 1. The third-order valence-corrected chi connectivity index (χ3v) is 7.12. The molecule has 3 aromatic rings. The molecule has 1 aliphatic carbocycles. The van der Waals surface area contributed by atoms with E-state index in [0.717, 1.165) is 36.8 Å². The van der Waals surface area contributed by atoms with Crippen LogP contribution in [0.4, 0.5) is 4.39 Å². The van der Waals surface area contributed by atoms with Crippen molar-refractivity contribution in [3.05, 3.63) is 70.0 Å². The van der Waals surface area contributed by atoms with Crippen molar-refractivity contribution in [1.82, 2.24) is 15.6 Å². The number of ether oxygens (including phenoxy) is 1. The van der Waals surface area contributed by atoms with Gasteiger partial charge in [-0.15, -0.1) is 0 Å². The molecule has 7 heteroatoms. The first-order valence-corrected chi connectivity index (χ1v) is 12.1. The number of hydrogen-bond acceptors (Lipinski definition) is 4. The quantitative estimate of drug-likeness (QED) is 0.496. The third-order valence-electron chi connectivity index (χ3n) is 6.71. The number of nitrogens with one attached hydrogen (secondary N) is 2. The number of nitrogens with zero attached hydrogens (tertiary/aromatic N) is 1. The number of rotatable bonds is 7. The Hall–Kier alpha value is -2.96. The Kier molecular flexibility index (Phi) is 6.53. The lowest BCUT2D eigenvalue weighted by Crippen LogP contribution is -2.35. The molecule has 0 saturated carbocycles. The molecule has 1 saturated heterocycles. The molecule has 5 nitrogen and oxygen atoms in total. The maximum atomic E-state index is 15.2. The zero-order chi connectivity index (χ0) is 23.7. The van der Waals surface area contributed by atoms with E-state index >= 15 is 4.39 Å². The van der Waals surface area contributed by atoms with Crippen LogP contribution in [0, 0.1) is 5.82 Å². The first-order valence-electron chi connectivity index (χ1n) is 11.7. The fraction of sp³-hybridized carbons (Fsp3) is 0.333. The van der Waals surface area contributed by atoms with Crippen LogP contribution in [0.25, 0.3) is 22.4 Å². The molecule has 1 aliphatic heterocycles. The van der Waals surface area contributed by atoms with Gasteiger partial charge in [0.25, 0.3) is 0 Å². The number of pyridine rings is 1. The molecule has 2 heterocycles. The number of halogens is 2. The van der Waals surface area contributed by atoms with E-state index in [-0.39, 0.29) is 24.4 Å². The smallest absolute Gasteiger partial charge is 0.221 e. The summed E-state index contributed by atoms with van der Waals surface area (Å²) in [5, 5.41) is 6.66. The van der Waals surface area contributed by atoms with Gasteiger partial charge >= 0.3 is 0 Å². The SMILES string of the molecule is COc1nc(-c2cccc(-c3cccc4c3CCC4)c2Cl)cc(F)c1CNCC1CCC(=O)N1. The molecule has 5 rings (SSSR count). The number of aromatic nitrogens is 1. The summed E-state index contributed by atoms with van der Waals surface area (Å²) in [5.74, 6) is -0.131. The fourth-order valence-corrected chi connectivity index (χ4v) is 5.32. The Balaban J connectivity index is 1.43. The maximum absolute atomic E-state index is 15.2. The van der Waals surface area contributed by atoms with Gasteiger partial charge in [-0.3, -0.25) is 4.79 Å². The predicted octanol–water partition coefficient (Wildman–Crippen LogP) is 5.07. The molecule has 2 N–H and O–H groups in total. The summed E-state index contributed by atoms with van der Waals surface area (Å²) in [4.78, 5) is 16.0. The molecule has 2 aliphatic rings. The first kappa shape index (κ1) is 22.8. The zero-order valence-electron chi connectivity index (χ0n) is 19.1. The van der Waals surface area contributed by atoms with Crippen LogP contribution in [0.1, 0.15) is 36.0 Å². The second-order valence-corrected chi connectivity index (χ2v) is 9.25. The van der Waals surface area contributed by atoms with Gasteiger partial charge in [-0.2, -0.15) is 0 Å². The number of benzene rings is 2. The highest BCUT2D eigenvalue weighted by Gasteiger charge is 2.22. The van der Waals surface area contributed by atoms with Crippen LogP contribution in [0.5, 0.6) is 5.88 Å². The number of fused-ring (bicyclic) bond motifs is 1. The lowest BCUT2D eigenvalue weighted by molar-refractivity contribution is -0.119. The van der Waals surface area contributed by atoms with Gasteiger partial charge in [0.1, 0.15) is 5.82 Å². The van der Waals surface area contributed by atoms with Crippen LogP contribution in [-0.2, 0) is 24.2 Å². The standard InChI is InChI=1S/C27H27ClFN3O2/c1-34-27-22(15-30-14-17-11-12-25(33)31-17)23(29)13-24(32-27)21-10-4-9-20(26(21)28)19-8-3-6-16-5-2-7-18(16)19/h3-4,6,8-10,13,17,30H,2,5,7,11-12,14-15H2,1H3,(H,31,33). The average Bonchev–Trinajstić information content (AvgIpc) is 3.48. The topological polar surface area (TPSA) is 63.2 Å². The highest BCUT2D eigenvalue weighted by Crippen LogP contribution is 2.40. The fourth-order valence-electron chi connectivity index (χ4n) is 5.00. The molecule has 1 amide bonds. The maximum Gasteiger partial charge on any atom is 0.221 e. The van der Waals surface area contributed by atoms with Crippen LogP contribution >= 0.6 is 11.6 Å². The van der Waals surface area contributed by atoms with Gasteiger partial charge in [-0.05, 0) is 42.4 Å². The van der Waals surface area contributed by atoms with Crippen molar-refractivity contribution in [3.63, 3.8) is 0 Å². The number of methoxy groups -OCH3 is 1. The minimum atomic E-state index is -0.410. The molecule has 1 unspecified atom stereocenters. The van der Waals surface area contributed by atoms with Crippen molar-refractivity contribution >= 4 is 17.5 Å². The number of aryl methyl sites for hydroxylation is 1. The molecule has 0 spiro atoms. The van der Waals surface area contributed by atoms with Crippen LogP contribution in [-0.4, -0.2) is 30.6 Å². The van der Waals surface area contributed by atoms with Gasteiger partial charge in [0.2, 0.25) is 11.8 Å². The van der Waals surface area contributed by atoms with Gasteiger partial charge in [-0.25, -0.2) is 9.37 Å². The van der Waals surface area contributed by atoms with E-state index < -0.39 is 5.82 Å². The summed E-state index contributed by atoms with van der Waals surface area (Å²) in [7, 11) is 1.48. The van der Waals surface area contributed by atoms with Gasteiger partial charge in [0.15, 0.2) is 0 Å². The predicted molar refractivity (Wildman–Crippen MR) is 132 cm³/mol. The normalized spacial score (nSPS) is 17.0. The van der Waals surface area contributed by atoms with E-state index in [1.54, 1.807) is 0 Å². The van der Waals surface area contributed by atoms with Crippen LogP contribution in [0.3, 0.4) is 0 Å². The second-order valence-electron chi connectivity index (χ2n) is 8.88. The summed E-state index contributed by atoms with van der Waals surface area (Å²) in [6.45, 7) is 0.809. The Morgan fingerprint density at radius 2 is 1.94 bits per heavy atom. The van der Waals surface area contributed by atoms with Crippen molar-refractivity contribution in [3.8, 4) is 28.3 Å². The molecule has 176 valence electrons. The van der Waals surface area contributed by atoms with Gasteiger partial charge < -0.3 is 15.4 Å². The number of amides is 1. The van der Waals surface area contributed by atoms with E-state index in [9.17, 15) is 4.79 Å². The van der Waals surface area contributed by atoms with E-state index in [0.29, 0.717) is 34.8 Å². The monoisotopic (exact) mass is 479 g/mol. The Labute approximate surface area is 203 Å². The molecule has 2 aromatic carbocycles. The molecule has 1 atom stereocenters. The lowest BCUT2D eigenvalue weighted by Gasteiger charge is -2.16. The van der Waals surface area contributed by atoms with E-state index in [4.69, 9.17) is 16.3 Å². The van der Waals surface area contributed by atoms with E-state index in [2.05, 4.69) is 33.8 Å². The highest BCUT2D eigenvalue weighted by atomic mass is 35.5. The summed E-state index contributed by atoms with van der Waals surface area (Å²) < 4.78 is 20.6. The summed E-state index contributed by atoms with van der Waals surface area (Å²) >= 11 is 6.89. The van der Waals surface area contributed by atoms with Crippen molar-refractivity contribution in [1.29, 1.82) is 0 Å². The molecular weight excluding hydrogens is 453 g/mol. The van der Waals surface area contributed by atoms with Crippen molar-refractivity contribution in [2.45, 2.75) is 44.7 Å². The lowest BCUT2D eigenvalue weighted by atomic mass is 9.95. The molecule has 0 bridgehead atoms. The largest absolute Gasteiger partial charge is 0.481 e. The highest BCUT2D eigenvalue weighted by molar-refractivity contribution is 6.36. The second kappa shape index (κ2) is 9.72. The first-order chi connectivity index (χ1) is 16.5. The van der Waals surface area contributed by atoms with Crippen molar-refractivity contribution < 1.29 is 13.9 Å². The minimum absolute atomic E-state index is 0.0566. The van der Waals surface area contributed by atoms with Crippen molar-refractivity contribution in [2.24, 2.45) is 0 Å². The molecule has 0 radical (unpaired) electrons. The van der Waals surface area contributed by atoms with Gasteiger partial charge in [0.05, 0.1) is 23.4 Å². The number of hydrogen-bond donors (Lipinski definition) is 2. The van der Waals surface area contributed by atoms with Gasteiger partial charge in [-0.1, -0.05) is 48.0 Å². The van der Waals surface area contributed by atoms with Crippen molar-refractivity contribution in [2.75, 3.05) is 13.7 Å². The zero-order valence-corrected chi connectivity index (χ0v) is 19.8.